The van der Waals surface area contributed by atoms with E-state index in [1.807, 2.05) is 0 Å². The Balaban J connectivity index is -0.000000403. The molecular formula is C10H16Cl2RuSi+. The summed E-state index contributed by atoms with van der Waals surface area (Å²) in [7, 11) is -1.06. The van der Waals surface area contributed by atoms with Crippen molar-refractivity contribution in [1.29, 1.82) is 0 Å². The van der Waals surface area contributed by atoms with Crippen molar-refractivity contribution >= 4 is 8.07 Å². The fourth-order valence-corrected chi connectivity index (χ4v) is 2.22. The van der Waals surface area contributed by atoms with Crippen LogP contribution in [0.3, 0.4) is 0 Å². The van der Waals surface area contributed by atoms with Gasteiger partial charge in [0.15, 0.2) is 0 Å². The third kappa shape index (κ3) is 6.82. The Labute approximate surface area is 116 Å². The zero-order valence-electron chi connectivity index (χ0n) is 8.92. The quantitative estimate of drug-likeness (QED) is 0.445. The van der Waals surface area contributed by atoms with Crippen molar-refractivity contribution in [2.75, 3.05) is 0 Å². The van der Waals surface area contributed by atoms with Gasteiger partial charge in [0.1, 0.15) is 0 Å². The molecular weight excluding hydrogens is 320 g/mol. The zero-order chi connectivity index (χ0) is 8.48. The second-order valence-corrected chi connectivity index (χ2v) is 9.19. The Morgan fingerprint density at radius 1 is 0.857 bits per heavy atom. The van der Waals surface area contributed by atoms with Gasteiger partial charge in [0.25, 0.3) is 0 Å². The van der Waals surface area contributed by atoms with Crippen LogP contribution < -0.4 is 24.8 Å². The van der Waals surface area contributed by atoms with Gasteiger partial charge in [0, 0.05) is 0 Å². The first-order valence-electron chi connectivity index (χ1n) is 4.07. The van der Waals surface area contributed by atoms with Crippen molar-refractivity contribution in [3.05, 3.63) is 37.1 Å². The van der Waals surface area contributed by atoms with Crippen LogP contribution in [0.2, 0.25) is 19.6 Å². The van der Waals surface area contributed by atoms with Crippen LogP contribution in [-0.4, -0.2) is 8.07 Å². The number of rotatable bonds is 1. The summed E-state index contributed by atoms with van der Waals surface area (Å²) < 4.78 is 0. The van der Waals surface area contributed by atoms with Gasteiger partial charge < -0.3 is 24.8 Å². The Morgan fingerprint density at radius 3 is 1.50 bits per heavy atom. The number of hydrogen-bond donors (Lipinski definition) is 0. The number of hydrogen-bond acceptors (Lipinski definition) is 0. The first-order chi connectivity index (χ1) is 5.00. The van der Waals surface area contributed by atoms with Gasteiger partial charge in [-0.2, -0.15) is 0 Å². The monoisotopic (exact) mass is 336 g/mol. The molecule has 1 saturated carbocycles. The van der Waals surface area contributed by atoms with Crippen LogP contribution in [0.4, 0.5) is 0 Å². The molecule has 0 amide bonds. The standard InChI is InChI=1S/C10H16Si.2ClH.Ru/c1-9-5-7-10(8-6-9)11(2,3)4;;;/h5-8H,1-4H3;2*1H;/q;;;+3/p-2. The molecule has 0 aromatic carbocycles. The van der Waals surface area contributed by atoms with Crippen LogP contribution in [0.25, 0.3) is 0 Å². The summed E-state index contributed by atoms with van der Waals surface area (Å²) in [5, 5.41) is 0. The maximum atomic E-state index is 2.37. The van der Waals surface area contributed by atoms with Crippen molar-refractivity contribution in [1.82, 2.24) is 0 Å². The van der Waals surface area contributed by atoms with Crippen molar-refractivity contribution in [2.24, 2.45) is 0 Å². The molecule has 0 bridgehead atoms. The van der Waals surface area contributed by atoms with Crippen LogP contribution in [-0.2, 0) is 19.5 Å². The van der Waals surface area contributed by atoms with E-state index in [1.54, 1.807) is 5.54 Å². The van der Waals surface area contributed by atoms with Gasteiger partial charge in [-0.25, -0.2) is 0 Å². The van der Waals surface area contributed by atoms with Crippen LogP contribution in [0.15, 0.2) is 0 Å². The zero-order valence-corrected chi connectivity index (χ0v) is 13.2. The minimum atomic E-state index is -1.06. The normalized spacial score (nSPS) is 18.9. The van der Waals surface area contributed by atoms with Crippen molar-refractivity contribution in [3.8, 4) is 0 Å². The average Bonchev–Trinajstić information content (AvgIpc) is 1.86. The minimum absolute atomic E-state index is 0. The van der Waals surface area contributed by atoms with Gasteiger partial charge in [-0.15, -0.1) is 0 Å². The minimum Gasteiger partial charge on any atom is -1.00 e. The smallest absolute Gasteiger partial charge is 1.00 e. The fourth-order valence-electron chi connectivity index (χ4n) is 1.05. The predicted molar refractivity (Wildman–Crippen MR) is 52.7 cm³/mol. The molecule has 0 spiro atoms. The Bertz CT molecular complexity index is 129. The van der Waals surface area contributed by atoms with E-state index in [2.05, 4.69) is 52.2 Å². The third-order valence-electron chi connectivity index (χ3n) is 1.92. The third-order valence-corrected chi connectivity index (χ3v) is 3.98. The summed E-state index contributed by atoms with van der Waals surface area (Å²) in [6.07, 6.45) is 8.93. The molecule has 0 atom stereocenters. The maximum absolute atomic E-state index is 2.37. The van der Waals surface area contributed by atoms with Gasteiger partial charge in [0.2, 0.25) is 0 Å². The molecule has 0 unspecified atom stereocenters. The fraction of sp³-hybridized carbons (Fsp3) is 0.400. The second-order valence-electron chi connectivity index (χ2n) is 4.12. The van der Waals surface area contributed by atoms with Crippen LogP contribution >= 0.6 is 0 Å². The van der Waals surface area contributed by atoms with Crippen LogP contribution in [0.1, 0.15) is 6.92 Å². The van der Waals surface area contributed by atoms with E-state index >= 15 is 0 Å². The SMILES string of the molecule is C[C]1[CH][CH][C]([Si](C)(C)C)[CH][CH]1.[Cl-].[Cl-].[Ru+3]. The summed E-state index contributed by atoms with van der Waals surface area (Å²) in [5.74, 6) is 1.35. The molecule has 0 aromatic heterocycles. The molecule has 1 aliphatic rings. The summed E-state index contributed by atoms with van der Waals surface area (Å²) in [6.45, 7) is 9.25. The van der Waals surface area contributed by atoms with E-state index in [0.717, 1.165) is 0 Å². The van der Waals surface area contributed by atoms with E-state index in [-0.39, 0.29) is 44.3 Å². The van der Waals surface area contributed by atoms with Crippen LogP contribution in [0.5, 0.6) is 0 Å². The summed E-state index contributed by atoms with van der Waals surface area (Å²) in [5.41, 5.74) is 1.54. The molecule has 0 N–H and O–H groups in total. The molecule has 0 heterocycles. The van der Waals surface area contributed by atoms with Gasteiger partial charge >= 0.3 is 19.5 Å². The summed E-state index contributed by atoms with van der Waals surface area (Å²) in [4.78, 5) is 0. The molecule has 0 nitrogen and oxygen atoms in total. The Morgan fingerprint density at radius 2 is 1.21 bits per heavy atom. The van der Waals surface area contributed by atoms with E-state index in [1.165, 1.54) is 5.92 Å². The molecule has 0 saturated heterocycles. The molecule has 4 heteroatoms. The molecule has 0 aliphatic heterocycles. The van der Waals surface area contributed by atoms with Gasteiger partial charge in [0.05, 0.1) is 8.07 Å². The molecule has 0 aromatic rings. The second kappa shape index (κ2) is 8.56. The topological polar surface area (TPSA) is 0 Å². The molecule has 81 valence electrons. The first kappa shape index (κ1) is 20.8. The average molecular weight is 336 g/mol. The van der Waals surface area contributed by atoms with Gasteiger partial charge in [-0.3, -0.25) is 0 Å². The van der Waals surface area contributed by atoms with E-state index in [9.17, 15) is 0 Å². The molecule has 1 rings (SSSR count). The molecule has 1 fully saturated rings. The van der Waals surface area contributed by atoms with Crippen molar-refractivity contribution in [2.45, 2.75) is 26.6 Å². The number of halogens is 2. The Kier molecular flexibility index (Phi) is 12.7. The van der Waals surface area contributed by atoms with E-state index < -0.39 is 8.07 Å². The molecule has 14 heavy (non-hydrogen) atoms. The van der Waals surface area contributed by atoms with Crippen molar-refractivity contribution < 1.29 is 44.3 Å². The largest absolute Gasteiger partial charge is 3.00 e. The summed E-state index contributed by atoms with van der Waals surface area (Å²) in [6, 6.07) is 0. The Hall–Kier alpha value is 1.42. The predicted octanol–water partition coefficient (Wildman–Crippen LogP) is -3.13. The first-order valence-corrected chi connectivity index (χ1v) is 7.57. The van der Waals surface area contributed by atoms with Crippen LogP contribution in [0, 0.1) is 37.1 Å². The van der Waals surface area contributed by atoms with E-state index in [4.69, 9.17) is 0 Å². The molecule has 7 radical (unpaired) electrons. The van der Waals surface area contributed by atoms with Gasteiger partial charge in [-0.05, 0) is 37.1 Å². The van der Waals surface area contributed by atoms with Crippen molar-refractivity contribution in [3.63, 3.8) is 0 Å². The van der Waals surface area contributed by atoms with E-state index in [0.29, 0.717) is 0 Å². The van der Waals surface area contributed by atoms with Gasteiger partial charge in [-0.1, -0.05) is 26.6 Å². The summed E-state index contributed by atoms with van der Waals surface area (Å²) >= 11 is 0. The maximum Gasteiger partial charge on any atom is 3.00 e. The molecule has 1 aliphatic carbocycles.